The van der Waals surface area contributed by atoms with Crippen LogP contribution in [0.1, 0.15) is 11.1 Å². The molecule has 0 heterocycles. The molecule has 0 amide bonds. The summed E-state index contributed by atoms with van der Waals surface area (Å²) in [4.78, 5) is 1.33. The topological polar surface area (TPSA) is 26.0 Å². The minimum atomic E-state index is 0.603. The molecule has 0 saturated carbocycles. The molecule has 3 aromatic rings. The van der Waals surface area contributed by atoms with Crippen molar-refractivity contribution in [1.82, 2.24) is 0 Å². The van der Waals surface area contributed by atoms with Gasteiger partial charge in [-0.15, -0.1) is 11.8 Å². The average molecular weight is 279 g/mol. The fraction of sp³-hybridized carbons (Fsp3) is 0.111. The summed E-state index contributed by atoms with van der Waals surface area (Å²) in [5.41, 5.74) is 8.36. The summed E-state index contributed by atoms with van der Waals surface area (Å²) in [5.74, 6) is 0.960. The molecule has 0 aromatic heterocycles. The molecule has 0 radical (unpaired) electrons. The van der Waals surface area contributed by atoms with Crippen molar-refractivity contribution in [2.45, 2.75) is 17.2 Å². The Bertz CT molecular complexity index is 716. The van der Waals surface area contributed by atoms with Crippen LogP contribution in [0.4, 0.5) is 0 Å². The first kappa shape index (κ1) is 13.2. The Kier molecular flexibility index (Phi) is 4.05. The predicted molar refractivity (Wildman–Crippen MR) is 87.8 cm³/mol. The standard InChI is InChI=1S/C18H17NS/c19-12-15-7-1-2-8-16(15)13-20-18-11-5-9-14-6-3-4-10-17(14)18/h1-11H,12-13,19H2. The maximum Gasteiger partial charge on any atom is 0.0235 e. The Morgan fingerprint density at radius 1 is 0.750 bits per heavy atom. The molecule has 0 spiro atoms. The van der Waals surface area contributed by atoms with E-state index >= 15 is 0 Å². The number of hydrogen-bond donors (Lipinski definition) is 1. The van der Waals surface area contributed by atoms with E-state index in [-0.39, 0.29) is 0 Å². The van der Waals surface area contributed by atoms with Gasteiger partial charge < -0.3 is 5.73 Å². The molecule has 3 rings (SSSR count). The molecule has 0 aliphatic carbocycles. The number of benzene rings is 3. The van der Waals surface area contributed by atoms with Crippen molar-refractivity contribution in [2.75, 3.05) is 0 Å². The third kappa shape index (κ3) is 2.72. The first-order valence-corrected chi connectivity index (χ1v) is 7.74. The fourth-order valence-electron chi connectivity index (χ4n) is 2.37. The third-order valence-corrected chi connectivity index (χ3v) is 4.59. The van der Waals surface area contributed by atoms with Gasteiger partial charge in [-0.1, -0.05) is 60.7 Å². The van der Waals surface area contributed by atoms with Crippen LogP contribution in [-0.2, 0) is 12.3 Å². The van der Waals surface area contributed by atoms with Crippen LogP contribution in [0.25, 0.3) is 10.8 Å². The van der Waals surface area contributed by atoms with Crippen LogP contribution in [0, 0.1) is 0 Å². The molecule has 100 valence electrons. The summed E-state index contributed by atoms with van der Waals surface area (Å²) in [5, 5.41) is 2.62. The van der Waals surface area contributed by atoms with E-state index in [1.165, 1.54) is 26.8 Å². The van der Waals surface area contributed by atoms with Gasteiger partial charge in [0.05, 0.1) is 0 Å². The number of nitrogens with two attached hydrogens (primary N) is 1. The van der Waals surface area contributed by atoms with E-state index in [4.69, 9.17) is 5.73 Å². The van der Waals surface area contributed by atoms with Crippen molar-refractivity contribution in [2.24, 2.45) is 5.73 Å². The minimum Gasteiger partial charge on any atom is -0.326 e. The summed E-state index contributed by atoms with van der Waals surface area (Å²) >= 11 is 1.88. The van der Waals surface area contributed by atoms with Gasteiger partial charge in [0.15, 0.2) is 0 Å². The molecule has 2 heteroatoms. The molecular formula is C18H17NS. The minimum absolute atomic E-state index is 0.603. The number of fused-ring (bicyclic) bond motifs is 1. The summed E-state index contributed by atoms with van der Waals surface area (Å²) in [6, 6.07) is 23.4. The van der Waals surface area contributed by atoms with Gasteiger partial charge in [0.1, 0.15) is 0 Å². The zero-order chi connectivity index (χ0) is 13.8. The lowest BCUT2D eigenvalue weighted by atomic mass is 10.1. The number of thioether (sulfide) groups is 1. The molecule has 1 nitrogen and oxygen atoms in total. The van der Waals surface area contributed by atoms with Crippen molar-refractivity contribution >= 4 is 22.5 Å². The normalized spacial score (nSPS) is 10.8. The van der Waals surface area contributed by atoms with E-state index in [0.29, 0.717) is 6.54 Å². The largest absolute Gasteiger partial charge is 0.326 e. The Labute approximate surface area is 123 Å². The van der Waals surface area contributed by atoms with E-state index in [1.54, 1.807) is 0 Å². The molecule has 0 saturated heterocycles. The average Bonchev–Trinajstić information content (AvgIpc) is 2.53. The Morgan fingerprint density at radius 3 is 2.30 bits per heavy atom. The molecule has 0 aliphatic heterocycles. The van der Waals surface area contributed by atoms with Gasteiger partial charge in [0.25, 0.3) is 0 Å². The van der Waals surface area contributed by atoms with Gasteiger partial charge >= 0.3 is 0 Å². The Hall–Kier alpha value is -1.77. The van der Waals surface area contributed by atoms with Crippen LogP contribution in [0.5, 0.6) is 0 Å². The second-order valence-electron chi connectivity index (χ2n) is 4.74. The molecule has 20 heavy (non-hydrogen) atoms. The molecule has 0 fully saturated rings. The number of rotatable bonds is 4. The van der Waals surface area contributed by atoms with E-state index in [9.17, 15) is 0 Å². The maximum absolute atomic E-state index is 5.80. The smallest absolute Gasteiger partial charge is 0.0235 e. The first-order valence-electron chi connectivity index (χ1n) is 6.76. The van der Waals surface area contributed by atoms with E-state index < -0.39 is 0 Å². The van der Waals surface area contributed by atoms with Gasteiger partial charge in [-0.3, -0.25) is 0 Å². The quantitative estimate of drug-likeness (QED) is 0.707. The van der Waals surface area contributed by atoms with Crippen LogP contribution in [0.15, 0.2) is 71.6 Å². The maximum atomic E-state index is 5.80. The highest BCUT2D eigenvalue weighted by molar-refractivity contribution is 7.98. The summed E-state index contributed by atoms with van der Waals surface area (Å²) in [7, 11) is 0. The second kappa shape index (κ2) is 6.12. The summed E-state index contributed by atoms with van der Waals surface area (Å²) in [6.07, 6.45) is 0. The lowest BCUT2D eigenvalue weighted by Gasteiger charge is -2.09. The van der Waals surface area contributed by atoms with Crippen molar-refractivity contribution in [3.8, 4) is 0 Å². The van der Waals surface area contributed by atoms with E-state index in [0.717, 1.165) is 5.75 Å². The second-order valence-corrected chi connectivity index (χ2v) is 5.76. The predicted octanol–water partition coefficient (Wildman–Crippen LogP) is 4.59. The number of hydrogen-bond acceptors (Lipinski definition) is 2. The highest BCUT2D eigenvalue weighted by atomic mass is 32.2. The highest BCUT2D eigenvalue weighted by Crippen LogP contribution is 2.30. The van der Waals surface area contributed by atoms with Crippen molar-refractivity contribution in [3.63, 3.8) is 0 Å². The SMILES string of the molecule is NCc1ccccc1CSc1cccc2ccccc12. The van der Waals surface area contributed by atoms with Gasteiger partial charge in [0, 0.05) is 17.2 Å². The molecular weight excluding hydrogens is 262 g/mol. The van der Waals surface area contributed by atoms with Crippen LogP contribution >= 0.6 is 11.8 Å². The molecule has 2 N–H and O–H groups in total. The molecule has 0 bridgehead atoms. The van der Waals surface area contributed by atoms with Crippen molar-refractivity contribution in [3.05, 3.63) is 77.9 Å². The summed E-state index contributed by atoms with van der Waals surface area (Å²) < 4.78 is 0. The van der Waals surface area contributed by atoms with Crippen molar-refractivity contribution in [1.29, 1.82) is 0 Å². The third-order valence-electron chi connectivity index (χ3n) is 3.47. The van der Waals surface area contributed by atoms with Crippen LogP contribution in [0.2, 0.25) is 0 Å². The van der Waals surface area contributed by atoms with Crippen LogP contribution < -0.4 is 5.73 Å². The lowest BCUT2D eigenvalue weighted by molar-refractivity contribution is 1.04. The monoisotopic (exact) mass is 279 g/mol. The molecule has 3 aromatic carbocycles. The van der Waals surface area contributed by atoms with E-state index in [2.05, 4.69) is 60.7 Å². The molecule has 0 aliphatic rings. The van der Waals surface area contributed by atoms with Gasteiger partial charge in [0.2, 0.25) is 0 Å². The van der Waals surface area contributed by atoms with Gasteiger partial charge in [-0.2, -0.15) is 0 Å². The first-order chi connectivity index (χ1) is 9.88. The zero-order valence-corrected chi connectivity index (χ0v) is 12.1. The van der Waals surface area contributed by atoms with Crippen LogP contribution in [-0.4, -0.2) is 0 Å². The highest BCUT2D eigenvalue weighted by Gasteiger charge is 2.04. The lowest BCUT2D eigenvalue weighted by Crippen LogP contribution is -2.00. The Morgan fingerprint density at radius 2 is 1.45 bits per heavy atom. The molecule has 0 atom stereocenters. The van der Waals surface area contributed by atoms with E-state index in [1.807, 2.05) is 17.8 Å². The zero-order valence-electron chi connectivity index (χ0n) is 11.3. The fourth-order valence-corrected chi connectivity index (χ4v) is 3.48. The van der Waals surface area contributed by atoms with Gasteiger partial charge in [-0.05, 0) is 28.0 Å². The van der Waals surface area contributed by atoms with Crippen LogP contribution in [0.3, 0.4) is 0 Å². The molecule has 0 unspecified atom stereocenters. The Balaban J connectivity index is 1.87. The van der Waals surface area contributed by atoms with Crippen molar-refractivity contribution < 1.29 is 0 Å². The van der Waals surface area contributed by atoms with Gasteiger partial charge in [-0.25, -0.2) is 0 Å². The summed E-state index contributed by atoms with van der Waals surface area (Å²) in [6.45, 7) is 0.603.